The summed E-state index contributed by atoms with van der Waals surface area (Å²) >= 11 is 0. The minimum atomic E-state index is -1.68. The Labute approximate surface area is 69.5 Å². The van der Waals surface area contributed by atoms with Gasteiger partial charge in [0.15, 0.2) is 0 Å². The second-order valence-corrected chi connectivity index (χ2v) is 2.26. The molecule has 0 saturated carbocycles. The van der Waals surface area contributed by atoms with Crippen molar-refractivity contribution in [1.82, 2.24) is 0 Å². The van der Waals surface area contributed by atoms with Gasteiger partial charge in [0.2, 0.25) is 0 Å². The monoisotopic (exact) mass is 163 g/mol. The Bertz CT molecular complexity index is 332. The molecule has 60 valence electrons. The largest absolute Gasteiger partial charge is 0.508 e. The summed E-state index contributed by atoms with van der Waals surface area (Å²) < 4.78 is 0. The minimum Gasteiger partial charge on any atom is -0.508 e. The van der Waals surface area contributed by atoms with E-state index in [4.69, 9.17) is 20.4 Å². The lowest BCUT2D eigenvalue weighted by Gasteiger charge is -2.01. The summed E-state index contributed by atoms with van der Waals surface area (Å²) in [4.78, 5) is 0. The zero-order valence-corrected chi connectivity index (χ0v) is 6.10. The Morgan fingerprint density at radius 3 is 2.50 bits per heavy atom. The highest BCUT2D eigenvalue weighted by atomic mass is 16.4. The van der Waals surface area contributed by atoms with Crippen LogP contribution in [0.3, 0.4) is 0 Å². The zero-order chi connectivity index (χ0) is 9.14. The Hall–Kier alpha value is -1.51. The molecule has 0 heterocycles. The molecule has 1 aromatic carbocycles. The lowest BCUT2D eigenvalue weighted by Crippen LogP contribution is -2.32. The molecule has 0 aliphatic heterocycles. The fourth-order valence-electron chi connectivity index (χ4n) is 0.866. The van der Waals surface area contributed by atoms with E-state index >= 15 is 0 Å². The summed E-state index contributed by atoms with van der Waals surface area (Å²) in [5.41, 5.74) is 0.153. The molecule has 0 aliphatic carbocycles. The van der Waals surface area contributed by atoms with Crippen LogP contribution in [0.15, 0.2) is 18.2 Å². The smallest absolute Gasteiger partial charge is 0.489 e. The molecule has 0 fully saturated rings. The number of hydrogen-bond donors (Lipinski definition) is 3. The first-order valence-corrected chi connectivity index (χ1v) is 3.24. The molecule has 0 aromatic heterocycles. The van der Waals surface area contributed by atoms with Gasteiger partial charge in [-0.15, -0.1) is 0 Å². The van der Waals surface area contributed by atoms with Crippen LogP contribution in [0.4, 0.5) is 0 Å². The maximum absolute atomic E-state index is 8.94. The molecule has 1 aromatic rings. The van der Waals surface area contributed by atoms with Gasteiger partial charge in [0.25, 0.3) is 0 Å². The summed E-state index contributed by atoms with van der Waals surface area (Å²) in [6.45, 7) is 0. The second-order valence-electron chi connectivity index (χ2n) is 2.26. The molecule has 0 spiro atoms. The van der Waals surface area contributed by atoms with Gasteiger partial charge in [-0.3, -0.25) is 0 Å². The van der Waals surface area contributed by atoms with Gasteiger partial charge in [0, 0.05) is 5.46 Å². The van der Waals surface area contributed by atoms with Gasteiger partial charge >= 0.3 is 7.12 Å². The van der Waals surface area contributed by atoms with Gasteiger partial charge in [0.1, 0.15) is 5.75 Å². The first-order valence-electron chi connectivity index (χ1n) is 3.24. The number of phenols is 1. The van der Waals surface area contributed by atoms with E-state index in [-0.39, 0.29) is 16.8 Å². The quantitative estimate of drug-likeness (QED) is 0.461. The normalized spacial score (nSPS) is 9.08. The third-order valence-electron chi connectivity index (χ3n) is 1.44. The molecule has 5 heteroatoms. The average molecular weight is 163 g/mol. The molecule has 12 heavy (non-hydrogen) atoms. The van der Waals surface area contributed by atoms with E-state index in [1.807, 2.05) is 0 Å². The van der Waals surface area contributed by atoms with Crippen molar-refractivity contribution in [3.05, 3.63) is 23.8 Å². The molecule has 0 saturated heterocycles. The maximum atomic E-state index is 8.94. The Kier molecular flexibility index (Phi) is 2.33. The van der Waals surface area contributed by atoms with Crippen molar-refractivity contribution in [2.45, 2.75) is 0 Å². The third-order valence-corrected chi connectivity index (χ3v) is 1.44. The topological polar surface area (TPSA) is 84.5 Å². The van der Waals surface area contributed by atoms with E-state index in [1.54, 1.807) is 6.07 Å². The van der Waals surface area contributed by atoms with Crippen molar-refractivity contribution >= 4 is 12.6 Å². The van der Waals surface area contributed by atoms with E-state index in [1.165, 1.54) is 18.2 Å². The summed E-state index contributed by atoms with van der Waals surface area (Å²) in [6, 6.07) is 5.49. The van der Waals surface area contributed by atoms with Crippen molar-refractivity contribution in [3.63, 3.8) is 0 Å². The van der Waals surface area contributed by atoms with E-state index in [2.05, 4.69) is 0 Å². The SMILES string of the molecule is N#Cc1cc(O)ccc1B(O)O. The molecule has 1 rings (SSSR count). The molecule has 0 unspecified atom stereocenters. The van der Waals surface area contributed by atoms with Gasteiger partial charge in [0.05, 0.1) is 11.6 Å². The van der Waals surface area contributed by atoms with E-state index < -0.39 is 7.12 Å². The molecule has 0 atom stereocenters. The van der Waals surface area contributed by atoms with Crippen LogP contribution in [0.25, 0.3) is 0 Å². The number of hydrogen-bond acceptors (Lipinski definition) is 4. The second kappa shape index (κ2) is 3.26. The Balaban J connectivity index is 3.23. The van der Waals surface area contributed by atoms with Crippen molar-refractivity contribution in [1.29, 1.82) is 5.26 Å². The minimum absolute atomic E-state index is 0.0602. The van der Waals surface area contributed by atoms with Crippen LogP contribution in [-0.4, -0.2) is 22.3 Å². The van der Waals surface area contributed by atoms with E-state index in [9.17, 15) is 0 Å². The Morgan fingerprint density at radius 1 is 1.33 bits per heavy atom. The van der Waals surface area contributed by atoms with Gasteiger partial charge in [-0.25, -0.2) is 0 Å². The van der Waals surface area contributed by atoms with Crippen LogP contribution in [-0.2, 0) is 0 Å². The zero-order valence-electron chi connectivity index (χ0n) is 6.10. The molecule has 4 nitrogen and oxygen atoms in total. The number of aromatic hydroxyl groups is 1. The van der Waals surface area contributed by atoms with Crippen LogP contribution in [0.5, 0.6) is 5.75 Å². The van der Waals surface area contributed by atoms with Gasteiger partial charge in [-0.1, -0.05) is 6.07 Å². The van der Waals surface area contributed by atoms with Gasteiger partial charge in [-0.05, 0) is 12.1 Å². The molecule has 0 aliphatic rings. The van der Waals surface area contributed by atoms with Crippen LogP contribution in [0.2, 0.25) is 0 Å². The molecule has 0 radical (unpaired) electrons. The average Bonchev–Trinajstić information content (AvgIpc) is 2.03. The summed E-state index contributed by atoms with van der Waals surface area (Å²) in [6.07, 6.45) is 0. The van der Waals surface area contributed by atoms with Crippen LogP contribution in [0, 0.1) is 11.3 Å². The van der Waals surface area contributed by atoms with Crippen molar-refractivity contribution < 1.29 is 15.2 Å². The molecule has 3 N–H and O–H groups in total. The van der Waals surface area contributed by atoms with Crippen molar-refractivity contribution in [2.24, 2.45) is 0 Å². The summed E-state index contributed by atoms with van der Waals surface area (Å²) in [7, 11) is -1.68. The first-order chi connectivity index (χ1) is 5.65. The first kappa shape index (κ1) is 8.59. The molecule has 0 amide bonds. The number of rotatable bonds is 1. The molecular weight excluding hydrogens is 157 g/mol. The maximum Gasteiger partial charge on any atom is 0.489 e. The van der Waals surface area contributed by atoms with E-state index in [0.717, 1.165) is 0 Å². The molecule has 0 bridgehead atoms. The summed E-state index contributed by atoms with van der Waals surface area (Å²) in [5, 5.41) is 34.9. The van der Waals surface area contributed by atoms with Gasteiger partial charge < -0.3 is 15.2 Å². The lowest BCUT2D eigenvalue weighted by atomic mass is 9.77. The third kappa shape index (κ3) is 1.56. The highest BCUT2D eigenvalue weighted by Crippen LogP contribution is 2.08. The number of benzene rings is 1. The fraction of sp³-hybridized carbons (Fsp3) is 0. The van der Waals surface area contributed by atoms with Crippen molar-refractivity contribution in [2.75, 3.05) is 0 Å². The highest BCUT2D eigenvalue weighted by Gasteiger charge is 2.15. The number of phenolic OH excluding ortho intramolecular Hbond substituents is 1. The predicted octanol–water partition coefficient (Wildman–Crippen LogP) is -1.06. The highest BCUT2D eigenvalue weighted by molar-refractivity contribution is 6.59. The predicted molar refractivity (Wildman–Crippen MR) is 42.6 cm³/mol. The lowest BCUT2D eigenvalue weighted by molar-refractivity contribution is 0.425. The number of nitrogens with zero attached hydrogens (tertiary/aromatic N) is 1. The molecular formula is C7H6BNO3. The fourth-order valence-corrected chi connectivity index (χ4v) is 0.866. The summed E-state index contributed by atoms with van der Waals surface area (Å²) in [5.74, 6) is -0.0732. The van der Waals surface area contributed by atoms with Crippen LogP contribution >= 0.6 is 0 Å². The van der Waals surface area contributed by atoms with Crippen molar-refractivity contribution in [3.8, 4) is 11.8 Å². The number of nitriles is 1. The van der Waals surface area contributed by atoms with Crippen LogP contribution < -0.4 is 5.46 Å². The van der Waals surface area contributed by atoms with E-state index in [0.29, 0.717) is 0 Å². The standard InChI is InChI=1S/C7H6BNO3/c9-4-5-3-6(10)1-2-7(5)8(11)12/h1-3,10-12H. The van der Waals surface area contributed by atoms with Crippen LogP contribution in [0.1, 0.15) is 5.56 Å². The Morgan fingerprint density at radius 2 is 2.00 bits per heavy atom. The van der Waals surface area contributed by atoms with Gasteiger partial charge in [-0.2, -0.15) is 5.26 Å².